The average molecular weight is 330 g/mol. The third-order valence-electron chi connectivity index (χ3n) is 4.62. The van der Waals surface area contributed by atoms with Crippen LogP contribution in [0, 0.1) is 0 Å². The maximum absolute atomic E-state index is 12.5. The van der Waals surface area contributed by atoms with E-state index in [1.54, 1.807) is 0 Å². The molecule has 0 unspecified atom stereocenters. The van der Waals surface area contributed by atoms with Crippen LogP contribution in [-0.4, -0.2) is 47.8 Å². The smallest absolute Gasteiger partial charge is 0.227 e. The molecule has 2 rings (SSSR count). The van der Waals surface area contributed by atoms with Crippen LogP contribution in [0.2, 0.25) is 0 Å². The van der Waals surface area contributed by atoms with Gasteiger partial charge in [0.1, 0.15) is 0 Å². The lowest BCUT2D eigenvalue weighted by atomic mass is 9.86. The van der Waals surface area contributed by atoms with Gasteiger partial charge in [-0.3, -0.25) is 9.59 Å². The zero-order valence-electron chi connectivity index (χ0n) is 15.5. The van der Waals surface area contributed by atoms with Gasteiger partial charge in [-0.15, -0.1) is 0 Å². The standard InChI is InChI=1S/C20H30N2O2/c1-5-6-18(23)21-11-13-22(14-12-21)19(24)15-16-7-9-17(10-8-16)20(2,3)4/h7-10H,5-6,11-15H2,1-4H3. The second kappa shape index (κ2) is 7.82. The summed E-state index contributed by atoms with van der Waals surface area (Å²) in [6.45, 7) is 11.2. The van der Waals surface area contributed by atoms with Crippen LogP contribution in [0.4, 0.5) is 0 Å². The molecule has 1 aliphatic rings. The molecule has 0 N–H and O–H groups in total. The molecule has 2 amide bonds. The lowest BCUT2D eigenvalue weighted by Gasteiger charge is -2.35. The van der Waals surface area contributed by atoms with Crippen LogP contribution in [0.15, 0.2) is 24.3 Å². The minimum absolute atomic E-state index is 0.129. The predicted molar refractivity (Wildman–Crippen MR) is 96.9 cm³/mol. The number of hydrogen-bond acceptors (Lipinski definition) is 2. The molecular weight excluding hydrogens is 300 g/mol. The van der Waals surface area contributed by atoms with Gasteiger partial charge in [0.25, 0.3) is 0 Å². The molecular formula is C20H30N2O2. The fraction of sp³-hybridized carbons (Fsp3) is 0.600. The van der Waals surface area contributed by atoms with Crippen molar-refractivity contribution in [3.05, 3.63) is 35.4 Å². The molecule has 0 atom stereocenters. The number of benzene rings is 1. The quantitative estimate of drug-likeness (QED) is 0.851. The van der Waals surface area contributed by atoms with Crippen LogP contribution in [0.3, 0.4) is 0 Å². The van der Waals surface area contributed by atoms with Gasteiger partial charge in [-0.05, 0) is 23.0 Å². The van der Waals surface area contributed by atoms with Crippen molar-refractivity contribution >= 4 is 11.8 Å². The molecule has 0 bridgehead atoms. The van der Waals surface area contributed by atoms with E-state index in [4.69, 9.17) is 0 Å². The van der Waals surface area contributed by atoms with E-state index in [1.807, 2.05) is 16.7 Å². The highest BCUT2D eigenvalue weighted by Crippen LogP contribution is 2.22. The van der Waals surface area contributed by atoms with Gasteiger partial charge in [0.15, 0.2) is 0 Å². The molecule has 0 saturated carbocycles. The topological polar surface area (TPSA) is 40.6 Å². The van der Waals surface area contributed by atoms with Crippen molar-refractivity contribution in [2.45, 2.75) is 52.4 Å². The summed E-state index contributed by atoms with van der Waals surface area (Å²) in [6.07, 6.45) is 1.92. The molecule has 0 spiro atoms. The van der Waals surface area contributed by atoms with E-state index in [1.165, 1.54) is 5.56 Å². The zero-order chi connectivity index (χ0) is 17.7. The van der Waals surface area contributed by atoms with Gasteiger partial charge >= 0.3 is 0 Å². The highest BCUT2D eigenvalue weighted by molar-refractivity contribution is 5.80. The molecule has 132 valence electrons. The van der Waals surface area contributed by atoms with E-state index in [2.05, 4.69) is 45.0 Å². The first-order valence-corrected chi connectivity index (χ1v) is 8.96. The number of hydrogen-bond donors (Lipinski definition) is 0. The molecule has 4 heteroatoms. The zero-order valence-corrected chi connectivity index (χ0v) is 15.5. The highest BCUT2D eigenvalue weighted by atomic mass is 16.2. The maximum atomic E-state index is 12.5. The lowest BCUT2D eigenvalue weighted by molar-refractivity contribution is -0.139. The Balaban J connectivity index is 1.86. The Labute approximate surface area is 145 Å². The molecule has 1 aromatic rings. The van der Waals surface area contributed by atoms with Gasteiger partial charge in [-0.25, -0.2) is 0 Å². The molecule has 1 fully saturated rings. The summed E-state index contributed by atoms with van der Waals surface area (Å²) < 4.78 is 0. The van der Waals surface area contributed by atoms with Crippen molar-refractivity contribution in [2.75, 3.05) is 26.2 Å². The molecule has 4 nitrogen and oxygen atoms in total. The van der Waals surface area contributed by atoms with Crippen LogP contribution >= 0.6 is 0 Å². The second-order valence-electron chi connectivity index (χ2n) is 7.64. The number of amides is 2. The van der Waals surface area contributed by atoms with Crippen molar-refractivity contribution in [3.63, 3.8) is 0 Å². The van der Waals surface area contributed by atoms with Gasteiger partial charge < -0.3 is 9.80 Å². The molecule has 0 radical (unpaired) electrons. The van der Waals surface area contributed by atoms with Crippen LogP contribution in [0.5, 0.6) is 0 Å². The Morgan fingerprint density at radius 2 is 1.42 bits per heavy atom. The molecule has 0 aromatic heterocycles. The van der Waals surface area contributed by atoms with Gasteiger partial charge in [-0.2, -0.15) is 0 Å². The fourth-order valence-corrected chi connectivity index (χ4v) is 2.99. The third-order valence-corrected chi connectivity index (χ3v) is 4.62. The van der Waals surface area contributed by atoms with E-state index < -0.39 is 0 Å². The maximum Gasteiger partial charge on any atom is 0.227 e. The summed E-state index contributed by atoms with van der Waals surface area (Å²) in [5.41, 5.74) is 2.46. The number of piperazine rings is 1. The first-order chi connectivity index (χ1) is 11.3. The third kappa shape index (κ3) is 4.83. The van der Waals surface area contributed by atoms with Crippen molar-refractivity contribution in [1.82, 2.24) is 9.80 Å². The van der Waals surface area contributed by atoms with Crippen molar-refractivity contribution in [3.8, 4) is 0 Å². The van der Waals surface area contributed by atoms with Gasteiger partial charge in [0, 0.05) is 32.6 Å². The Morgan fingerprint density at radius 1 is 0.917 bits per heavy atom. The molecule has 0 aliphatic carbocycles. The number of rotatable bonds is 4. The molecule has 1 heterocycles. The van der Waals surface area contributed by atoms with Crippen LogP contribution in [0.1, 0.15) is 51.7 Å². The van der Waals surface area contributed by atoms with Crippen molar-refractivity contribution < 1.29 is 9.59 Å². The fourth-order valence-electron chi connectivity index (χ4n) is 2.99. The molecule has 24 heavy (non-hydrogen) atoms. The predicted octanol–water partition coefficient (Wildman–Crippen LogP) is 3.00. The van der Waals surface area contributed by atoms with Crippen molar-refractivity contribution in [2.24, 2.45) is 0 Å². The van der Waals surface area contributed by atoms with Crippen LogP contribution < -0.4 is 0 Å². The summed E-state index contributed by atoms with van der Waals surface area (Å²) >= 11 is 0. The number of nitrogens with zero attached hydrogens (tertiary/aromatic N) is 2. The van der Waals surface area contributed by atoms with Gasteiger partial charge in [0.2, 0.25) is 11.8 Å². The number of carbonyl (C=O) groups excluding carboxylic acids is 2. The lowest BCUT2D eigenvalue weighted by Crippen LogP contribution is -2.50. The largest absolute Gasteiger partial charge is 0.339 e. The molecule has 1 aromatic carbocycles. The van der Waals surface area contributed by atoms with E-state index >= 15 is 0 Å². The Kier molecular flexibility index (Phi) is 6.03. The summed E-state index contributed by atoms with van der Waals surface area (Å²) in [5.74, 6) is 0.364. The Bertz CT molecular complexity index is 564. The van der Waals surface area contributed by atoms with Crippen LogP contribution in [0.25, 0.3) is 0 Å². The van der Waals surface area contributed by atoms with Gasteiger partial charge in [0.05, 0.1) is 6.42 Å². The summed E-state index contributed by atoms with van der Waals surface area (Å²) in [4.78, 5) is 28.1. The Morgan fingerprint density at radius 3 is 1.88 bits per heavy atom. The minimum atomic E-state index is 0.129. The Hall–Kier alpha value is -1.84. The van der Waals surface area contributed by atoms with E-state index in [9.17, 15) is 9.59 Å². The molecule has 1 saturated heterocycles. The molecule has 1 aliphatic heterocycles. The first kappa shape index (κ1) is 18.5. The van der Waals surface area contributed by atoms with Crippen molar-refractivity contribution in [1.29, 1.82) is 0 Å². The second-order valence-corrected chi connectivity index (χ2v) is 7.64. The SMILES string of the molecule is CCCC(=O)N1CCN(C(=O)Cc2ccc(C(C)(C)C)cc2)CC1. The summed E-state index contributed by atoms with van der Waals surface area (Å²) in [7, 11) is 0. The van der Waals surface area contributed by atoms with E-state index in [0.29, 0.717) is 39.0 Å². The minimum Gasteiger partial charge on any atom is -0.339 e. The monoisotopic (exact) mass is 330 g/mol. The van der Waals surface area contributed by atoms with Crippen LogP contribution in [-0.2, 0) is 21.4 Å². The van der Waals surface area contributed by atoms with E-state index in [0.717, 1.165) is 12.0 Å². The van der Waals surface area contributed by atoms with E-state index in [-0.39, 0.29) is 17.2 Å². The van der Waals surface area contributed by atoms with Gasteiger partial charge in [-0.1, -0.05) is 52.0 Å². The number of carbonyl (C=O) groups is 2. The highest BCUT2D eigenvalue weighted by Gasteiger charge is 2.23. The summed E-state index contributed by atoms with van der Waals surface area (Å²) in [5, 5.41) is 0. The normalized spacial score (nSPS) is 15.5. The first-order valence-electron chi connectivity index (χ1n) is 8.96. The average Bonchev–Trinajstić information content (AvgIpc) is 2.55. The summed E-state index contributed by atoms with van der Waals surface area (Å²) in [6, 6.07) is 8.34.